The van der Waals surface area contributed by atoms with E-state index in [0.717, 1.165) is 5.56 Å². The Morgan fingerprint density at radius 2 is 1.94 bits per heavy atom. The van der Waals surface area contributed by atoms with Crippen LogP contribution < -0.4 is 5.44 Å². The molecule has 16 heavy (non-hydrogen) atoms. The second-order valence-electron chi connectivity index (χ2n) is 3.35. The first-order valence-corrected chi connectivity index (χ1v) is 6.14. The van der Waals surface area contributed by atoms with Crippen LogP contribution in [0.5, 0.6) is 0 Å². The molecule has 1 aromatic carbocycles. The lowest BCUT2D eigenvalue weighted by Gasteiger charge is -2.04. The van der Waals surface area contributed by atoms with Gasteiger partial charge >= 0.3 is 7.60 Å². The van der Waals surface area contributed by atoms with E-state index in [1.807, 2.05) is 19.1 Å². The van der Waals surface area contributed by atoms with Gasteiger partial charge in [-0.3, -0.25) is 4.57 Å². The Morgan fingerprint density at radius 1 is 1.25 bits per heavy atom. The second kappa shape index (κ2) is 3.83. The van der Waals surface area contributed by atoms with E-state index in [0.29, 0.717) is 5.56 Å². The highest BCUT2D eigenvalue weighted by Gasteiger charge is 2.27. The number of hydrogen-bond acceptors (Lipinski definition) is 3. The molecule has 1 heterocycles. The van der Waals surface area contributed by atoms with Crippen LogP contribution in [0.15, 0.2) is 24.3 Å². The summed E-state index contributed by atoms with van der Waals surface area (Å²) in [7, 11) is -4.40. The zero-order valence-electron chi connectivity index (χ0n) is 8.45. The molecule has 0 amide bonds. The van der Waals surface area contributed by atoms with Crippen molar-refractivity contribution in [3.8, 4) is 11.3 Å². The van der Waals surface area contributed by atoms with Gasteiger partial charge in [-0.2, -0.15) is 10.3 Å². The van der Waals surface area contributed by atoms with Gasteiger partial charge in [0, 0.05) is 5.56 Å². The Kier molecular flexibility index (Phi) is 2.63. The monoisotopic (exact) mass is 239 g/mol. The van der Waals surface area contributed by atoms with Gasteiger partial charge in [-0.15, -0.1) is 5.10 Å². The van der Waals surface area contributed by atoms with E-state index in [1.54, 1.807) is 12.1 Å². The average Bonchev–Trinajstić information content (AvgIpc) is 2.66. The summed E-state index contributed by atoms with van der Waals surface area (Å²) in [5.41, 5.74) is 1.42. The smallest absolute Gasteiger partial charge is 0.320 e. The Labute approximate surface area is 91.5 Å². The number of aryl methyl sites for hydroxylation is 1. The molecule has 0 aliphatic rings. The number of hydrogen-bond donors (Lipinski definition) is 3. The number of aromatic nitrogens is 3. The second-order valence-corrected chi connectivity index (χ2v) is 4.87. The largest absolute Gasteiger partial charge is 0.378 e. The molecular weight excluding hydrogens is 229 g/mol. The quantitative estimate of drug-likeness (QED) is 0.666. The number of benzene rings is 1. The van der Waals surface area contributed by atoms with Gasteiger partial charge in [-0.05, 0) is 12.5 Å². The molecular formula is C9H10N3O3P. The van der Waals surface area contributed by atoms with E-state index >= 15 is 0 Å². The number of aromatic amines is 1. The molecule has 0 saturated heterocycles. The molecule has 1 aromatic heterocycles. The number of nitrogens with zero attached hydrogens (tertiary/aromatic N) is 2. The summed E-state index contributed by atoms with van der Waals surface area (Å²) >= 11 is 0. The lowest BCUT2D eigenvalue weighted by molar-refractivity contribution is 0.386. The minimum atomic E-state index is -4.40. The Bertz CT molecular complexity index is 561. The molecule has 0 bridgehead atoms. The summed E-state index contributed by atoms with van der Waals surface area (Å²) in [4.78, 5) is 18.2. The normalized spacial score (nSPS) is 11.7. The molecule has 2 rings (SSSR count). The SMILES string of the molecule is Cc1ccccc1-c1n[nH]nc1P(=O)(O)O. The predicted octanol–water partition coefficient (Wildman–Crippen LogP) is 0.583. The molecule has 7 heteroatoms. The van der Waals surface area contributed by atoms with Crippen LogP contribution in [0, 0.1) is 6.92 Å². The van der Waals surface area contributed by atoms with Crippen molar-refractivity contribution in [2.45, 2.75) is 6.92 Å². The van der Waals surface area contributed by atoms with Crippen molar-refractivity contribution in [2.75, 3.05) is 0 Å². The standard InChI is InChI=1S/C9H10N3O3P/c1-6-4-2-3-5-7(6)8-9(11-12-10-8)16(13,14)15/h2-5H,1H3,(H,10,11,12)(H2,13,14,15). The first-order valence-electron chi connectivity index (χ1n) is 4.53. The zero-order chi connectivity index (χ0) is 11.8. The maximum atomic E-state index is 11.2. The lowest BCUT2D eigenvalue weighted by atomic mass is 10.1. The third kappa shape index (κ3) is 1.90. The minimum Gasteiger partial charge on any atom is -0.320 e. The van der Waals surface area contributed by atoms with Gasteiger partial charge in [0.25, 0.3) is 0 Å². The number of H-pyrrole nitrogens is 1. The van der Waals surface area contributed by atoms with E-state index in [9.17, 15) is 4.57 Å². The van der Waals surface area contributed by atoms with Crippen LogP contribution in [-0.2, 0) is 4.57 Å². The zero-order valence-corrected chi connectivity index (χ0v) is 9.35. The molecule has 0 atom stereocenters. The van der Waals surface area contributed by atoms with Crippen LogP contribution in [0.1, 0.15) is 5.56 Å². The van der Waals surface area contributed by atoms with Crippen LogP contribution in [-0.4, -0.2) is 25.2 Å². The molecule has 3 N–H and O–H groups in total. The fraction of sp³-hybridized carbons (Fsp3) is 0.111. The minimum absolute atomic E-state index is 0.200. The van der Waals surface area contributed by atoms with Crippen LogP contribution in [0.2, 0.25) is 0 Å². The molecule has 0 saturated carbocycles. The molecule has 0 aliphatic heterocycles. The van der Waals surface area contributed by atoms with Crippen molar-refractivity contribution in [3.05, 3.63) is 29.8 Å². The van der Waals surface area contributed by atoms with Gasteiger partial charge < -0.3 is 9.79 Å². The van der Waals surface area contributed by atoms with Crippen molar-refractivity contribution in [1.82, 2.24) is 15.4 Å². The fourth-order valence-corrected chi connectivity index (χ4v) is 2.07. The van der Waals surface area contributed by atoms with E-state index in [4.69, 9.17) is 9.79 Å². The van der Waals surface area contributed by atoms with Crippen molar-refractivity contribution in [1.29, 1.82) is 0 Å². The molecule has 6 nitrogen and oxygen atoms in total. The maximum absolute atomic E-state index is 11.2. The topological polar surface area (TPSA) is 99.1 Å². The van der Waals surface area contributed by atoms with E-state index in [1.165, 1.54) is 0 Å². The third-order valence-electron chi connectivity index (χ3n) is 2.21. The summed E-state index contributed by atoms with van der Waals surface area (Å²) in [5.74, 6) is 0. The van der Waals surface area contributed by atoms with Crippen molar-refractivity contribution < 1.29 is 14.4 Å². The van der Waals surface area contributed by atoms with Gasteiger partial charge in [-0.25, -0.2) is 0 Å². The first kappa shape index (κ1) is 11.0. The highest BCUT2D eigenvalue weighted by atomic mass is 31.2. The van der Waals surface area contributed by atoms with Gasteiger partial charge in [0.05, 0.1) is 0 Å². The highest BCUT2D eigenvalue weighted by molar-refractivity contribution is 7.60. The maximum Gasteiger partial charge on any atom is 0.378 e. The molecule has 0 unspecified atom stereocenters. The summed E-state index contributed by atoms with van der Waals surface area (Å²) in [6, 6.07) is 7.20. The first-order chi connectivity index (χ1) is 7.50. The Morgan fingerprint density at radius 3 is 2.56 bits per heavy atom. The summed E-state index contributed by atoms with van der Waals surface area (Å²) < 4.78 is 11.2. The lowest BCUT2D eigenvalue weighted by Crippen LogP contribution is -2.08. The van der Waals surface area contributed by atoms with E-state index < -0.39 is 7.60 Å². The number of rotatable bonds is 2. The van der Waals surface area contributed by atoms with Crippen molar-refractivity contribution >= 4 is 13.0 Å². The molecule has 0 fully saturated rings. The third-order valence-corrected chi connectivity index (χ3v) is 3.07. The summed E-state index contributed by atoms with van der Waals surface area (Å²) in [6.45, 7) is 1.84. The Balaban J connectivity index is 2.63. The highest BCUT2D eigenvalue weighted by Crippen LogP contribution is 2.36. The van der Waals surface area contributed by atoms with Crippen LogP contribution in [0.3, 0.4) is 0 Å². The van der Waals surface area contributed by atoms with Gasteiger partial charge in [0.2, 0.25) is 5.44 Å². The van der Waals surface area contributed by atoms with Crippen molar-refractivity contribution in [3.63, 3.8) is 0 Å². The van der Waals surface area contributed by atoms with Gasteiger partial charge in [0.15, 0.2) is 0 Å². The predicted molar refractivity (Wildman–Crippen MR) is 58.2 cm³/mol. The fourth-order valence-electron chi connectivity index (χ4n) is 1.45. The Hall–Kier alpha value is -1.49. The molecule has 0 aliphatic carbocycles. The average molecular weight is 239 g/mol. The van der Waals surface area contributed by atoms with Crippen LogP contribution >= 0.6 is 7.60 Å². The molecule has 2 aromatic rings. The van der Waals surface area contributed by atoms with Gasteiger partial charge in [0.1, 0.15) is 5.69 Å². The molecule has 0 spiro atoms. The molecule has 0 radical (unpaired) electrons. The summed E-state index contributed by atoms with van der Waals surface area (Å²) in [6.07, 6.45) is 0. The van der Waals surface area contributed by atoms with E-state index in [-0.39, 0.29) is 11.1 Å². The van der Waals surface area contributed by atoms with Crippen molar-refractivity contribution in [2.24, 2.45) is 0 Å². The van der Waals surface area contributed by atoms with Crippen LogP contribution in [0.4, 0.5) is 0 Å². The van der Waals surface area contributed by atoms with E-state index in [2.05, 4.69) is 15.4 Å². The number of nitrogens with one attached hydrogen (secondary N) is 1. The molecule has 84 valence electrons. The summed E-state index contributed by atoms with van der Waals surface area (Å²) in [5, 5.41) is 9.53. The van der Waals surface area contributed by atoms with Gasteiger partial charge in [-0.1, -0.05) is 24.3 Å². The van der Waals surface area contributed by atoms with Crippen LogP contribution in [0.25, 0.3) is 11.3 Å².